The molecule has 4 rings (SSSR count). The van der Waals surface area contributed by atoms with Crippen molar-refractivity contribution in [1.82, 2.24) is 14.9 Å². The molecule has 1 aromatic carbocycles. The third-order valence-electron chi connectivity index (χ3n) is 4.94. The molecule has 0 atom stereocenters. The van der Waals surface area contributed by atoms with Crippen molar-refractivity contribution in [3.8, 4) is 5.75 Å². The molecule has 152 valence electrons. The number of aromatic nitrogens is 2. The number of carbonyl (C=O) groups is 1. The number of aromatic amines is 1. The number of nitrogens with zero attached hydrogens (tertiary/aromatic N) is 2. The van der Waals surface area contributed by atoms with E-state index < -0.39 is 5.60 Å². The first-order chi connectivity index (χ1) is 13.8. The van der Waals surface area contributed by atoms with E-state index in [1.807, 2.05) is 39.0 Å². The number of likely N-dealkylation sites (tertiary alicyclic amines) is 1. The quantitative estimate of drug-likeness (QED) is 0.666. The Hall–Kier alpha value is -3.09. The van der Waals surface area contributed by atoms with Gasteiger partial charge in [0.2, 0.25) is 0 Å². The highest BCUT2D eigenvalue weighted by molar-refractivity contribution is 6.03. The van der Waals surface area contributed by atoms with Crippen LogP contribution in [0.5, 0.6) is 5.75 Å². The highest BCUT2D eigenvalue weighted by Crippen LogP contribution is 2.26. The summed E-state index contributed by atoms with van der Waals surface area (Å²) in [6.45, 7) is 6.81. The predicted octanol–water partition coefficient (Wildman–Crippen LogP) is 3.85. The molecule has 1 saturated heterocycles. The Kier molecular flexibility index (Phi) is 4.90. The molecule has 0 bridgehead atoms. The Bertz CT molecular complexity index is 1110. The fourth-order valence-electron chi connectivity index (χ4n) is 3.57. The number of H-pyrrole nitrogens is 1. The van der Waals surface area contributed by atoms with Gasteiger partial charge in [-0.3, -0.25) is 9.78 Å². The van der Waals surface area contributed by atoms with Crippen molar-refractivity contribution in [1.29, 1.82) is 0 Å². The average Bonchev–Trinajstić information content (AvgIpc) is 2.68. The summed E-state index contributed by atoms with van der Waals surface area (Å²) in [5.74, 6) is 0.729. The van der Waals surface area contributed by atoms with E-state index in [4.69, 9.17) is 9.47 Å². The van der Waals surface area contributed by atoms with Gasteiger partial charge in [-0.25, -0.2) is 4.79 Å². The highest BCUT2D eigenvalue weighted by atomic mass is 16.6. The van der Waals surface area contributed by atoms with Crippen molar-refractivity contribution in [2.24, 2.45) is 0 Å². The van der Waals surface area contributed by atoms with Crippen LogP contribution in [-0.4, -0.2) is 45.8 Å². The first-order valence-electron chi connectivity index (χ1n) is 9.85. The Balaban J connectivity index is 1.48. The molecule has 1 amide bonds. The number of pyridine rings is 2. The van der Waals surface area contributed by atoms with Gasteiger partial charge in [0.1, 0.15) is 17.5 Å². The van der Waals surface area contributed by atoms with E-state index >= 15 is 0 Å². The number of nitrogens with one attached hydrogen (secondary N) is 1. The Labute approximate surface area is 168 Å². The summed E-state index contributed by atoms with van der Waals surface area (Å²) < 4.78 is 11.6. The molecule has 0 radical (unpaired) electrons. The van der Waals surface area contributed by atoms with Crippen molar-refractivity contribution < 1.29 is 14.3 Å². The Morgan fingerprint density at radius 1 is 1.17 bits per heavy atom. The van der Waals surface area contributed by atoms with E-state index in [0.29, 0.717) is 24.0 Å². The minimum atomic E-state index is -0.493. The number of amides is 1. The topological polar surface area (TPSA) is 84.5 Å². The molecule has 3 aromatic rings. The van der Waals surface area contributed by atoms with Crippen molar-refractivity contribution in [3.63, 3.8) is 0 Å². The second-order valence-corrected chi connectivity index (χ2v) is 8.35. The molecule has 3 heterocycles. The maximum absolute atomic E-state index is 12.2. The van der Waals surface area contributed by atoms with Gasteiger partial charge < -0.3 is 19.4 Å². The molecule has 1 N–H and O–H groups in total. The standard InChI is InChI=1S/C22H25N3O4/c1-22(2,3)29-21(27)25-11-8-14(9-12-25)28-15-6-7-18-17(13-15)19-16(20(26)24-18)5-4-10-23-19/h4-7,10,13-14H,8-9,11-12H2,1-3H3,(H,24,26). The number of carbonyl (C=O) groups excluding carboxylic acids is 1. The molecule has 1 aliphatic rings. The summed E-state index contributed by atoms with van der Waals surface area (Å²) in [7, 11) is 0. The van der Waals surface area contributed by atoms with Crippen LogP contribution in [0.4, 0.5) is 4.79 Å². The molecule has 29 heavy (non-hydrogen) atoms. The lowest BCUT2D eigenvalue weighted by Gasteiger charge is -2.33. The molecule has 0 unspecified atom stereocenters. The predicted molar refractivity (Wildman–Crippen MR) is 111 cm³/mol. The van der Waals surface area contributed by atoms with E-state index in [1.165, 1.54) is 0 Å². The molecule has 0 saturated carbocycles. The van der Waals surface area contributed by atoms with E-state index in [-0.39, 0.29) is 17.8 Å². The number of rotatable bonds is 2. The van der Waals surface area contributed by atoms with Crippen LogP contribution < -0.4 is 10.3 Å². The van der Waals surface area contributed by atoms with E-state index in [2.05, 4.69) is 9.97 Å². The van der Waals surface area contributed by atoms with Crippen LogP contribution in [-0.2, 0) is 4.74 Å². The van der Waals surface area contributed by atoms with Gasteiger partial charge in [-0.05, 0) is 51.1 Å². The van der Waals surface area contributed by atoms with Gasteiger partial charge in [-0.15, -0.1) is 0 Å². The smallest absolute Gasteiger partial charge is 0.410 e. The van der Waals surface area contributed by atoms with Crippen LogP contribution in [0.1, 0.15) is 33.6 Å². The van der Waals surface area contributed by atoms with Gasteiger partial charge in [-0.1, -0.05) is 0 Å². The van der Waals surface area contributed by atoms with E-state index in [0.717, 1.165) is 29.5 Å². The lowest BCUT2D eigenvalue weighted by atomic mass is 10.1. The van der Waals surface area contributed by atoms with Crippen LogP contribution in [0.15, 0.2) is 41.3 Å². The van der Waals surface area contributed by atoms with Gasteiger partial charge in [-0.2, -0.15) is 0 Å². The summed E-state index contributed by atoms with van der Waals surface area (Å²) in [5.41, 5.74) is 0.751. The summed E-state index contributed by atoms with van der Waals surface area (Å²) >= 11 is 0. The number of ether oxygens (including phenoxy) is 2. The summed E-state index contributed by atoms with van der Waals surface area (Å²) in [6, 6.07) is 9.13. The number of hydrogen-bond donors (Lipinski definition) is 1. The maximum atomic E-state index is 12.2. The molecule has 0 spiro atoms. The average molecular weight is 395 g/mol. The zero-order chi connectivity index (χ0) is 20.6. The first-order valence-corrected chi connectivity index (χ1v) is 9.85. The summed E-state index contributed by atoms with van der Waals surface area (Å²) in [6.07, 6.45) is 2.90. The van der Waals surface area contributed by atoms with Crippen molar-refractivity contribution >= 4 is 27.9 Å². The monoisotopic (exact) mass is 395 g/mol. The van der Waals surface area contributed by atoms with Crippen LogP contribution >= 0.6 is 0 Å². The zero-order valence-electron chi connectivity index (χ0n) is 16.9. The van der Waals surface area contributed by atoms with Gasteiger partial charge in [0.25, 0.3) is 5.56 Å². The lowest BCUT2D eigenvalue weighted by molar-refractivity contribution is 0.0127. The van der Waals surface area contributed by atoms with Crippen molar-refractivity contribution in [2.45, 2.75) is 45.3 Å². The second-order valence-electron chi connectivity index (χ2n) is 8.35. The zero-order valence-corrected chi connectivity index (χ0v) is 16.9. The second kappa shape index (κ2) is 7.39. The number of piperidine rings is 1. The van der Waals surface area contributed by atoms with Crippen LogP contribution in [0.25, 0.3) is 21.8 Å². The highest BCUT2D eigenvalue weighted by Gasteiger charge is 2.27. The first kappa shape index (κ1) is 19.2. The lowest BCUT2D eigenvalue weighted by Crippen LogP contribution is -2.44. The van der Waals surface area contributed by atoms with Gasteiger partial charge in [0.05, 0.1) is 16.4 Å². The third-order valence-corrected chi connectivity index (χ3v) is 4.94. The van der Waals surface area contributed by atoms with Crippen molar-refractivity contribution in [3.05, 3.63) is 46.9 Å². The number of hydrogen-bond acceptors (Lipinski definition) is 5. The maximum Gasteiger partial charge on any atom is 0.410 e. The fourth-order valence-corrected chi connectivity index (χ4v) is 3.57. The number of benzene rings is 1. The molecule has 1 aliphatic heterocycles. The normalized spacial score (nSPS) is 15.6. The van der Waals surface area contributed by atoms with E-state index in [9.17, 15) is 9.59 Å². The minimum absolute atomic E-state index is 0.0214. The van der Waals surface area contributed by atoms with Gasteiger partial charge >= 0.3 is 6.09 Å². The molecule has 7 nitrogen and oxygen atoms in total. The number of fused-ring (bicyclic) bond motifs is 3. The SMILES string of the molecule is CC(C)(C)OC(=O)N1CCC(Oc2ccc3[nH]c(=O)c4cccnc4c3c2)CC1. The molecule has 7 heteroatoms. The van der Waals surface area contributed by atoms with Crippen LogP contribution in [0, 0.1) is 0 Å². The Morgan fingerprint density at radius 3 is 2.66 bits per heavy atom. The van der Waals surface area contributed by atoms with Crippen molar-refractivity contribution in [2.75, 3.05) is 13.1 Å². The largest absolute Gasteiger partial charge is 0.490 e. The summed E-state index contributed by atoms with van der Waals surface area (Å²) in [4.78, 5) is 33.4. The minimum Gasteiger partial charge on any atom is -0.490 e. The summed E-state index contributed by atoms with van der Waals surface area (Å²) in [5, 5.41) is 1.41. The van der Waals surface area contributed by atoms with Crippen LogP contribution in [0.3, 0.4) is 0 Å². The molecular formula is C22H25N3O4. The van der Waals surface area contributed by atoms with E-state index in [1.54, 1.807) is 23.2 Å². The molecule has 0 aliphatic carbocycles. The third kappa shape index (κ3) is 4.18. The molecule has 1 fully saturated rings. The van der Waals surface area contributed by atoms with Crippen LogP contribution in [0.2, 0.25) is 0 Å². The fraction of sp³-hybridized carbons (Fsp3) is 0.409. The Morgan fingerprint density at radius 2 is 1.93 bits per heavy atom. The molecule has 2 aromatic heterocycles. The molecular weight excluding hydrogens is 370 g/mol. The van der Waals surface area contributed by atoms with Gasteiger partial charge in [0.15, 0.2) is 0 Å². The van der Waals surface area contributed by atoms with Gasteiger partial charge in [0, 0.05) is 37.5 Å².